The van der Waals surface area contributed by atoms with Crippen LogP contribution in [-0.4, -0.2) is 13.7 Å². The van der Waals surface area contributed by atoms with Gasteiger partial charge in [0.1, 0.15) is 23.7 Å². The lowest BCUT2D eigenvalue weighted by Gasteiger charge is -2.21. The molecule has 0 amide bonds. The Bertz CT molecular complexity index is 550. The molecule has 0 spiro atoms. The number of nitroso groups, excluding NO2 is 1. The van der Waals surface area contributed by atoms with Crippen LogP contribution < -0.4 is 4.74 Å². The van der Waals surface area contributed by atoms with Crippen LogP contribution in [0.4, 0.5) is 0 Å². The zero-order valence-electron chi connectivity index (χ0n) is 15.2. The van der Waals surface area contributed by atoms with E-state index in [1.807, 2.05) is 26.0 Å². The van der Waals surface area contributed by atoms with E-state index in [0.29, 0.717) is 23.3 Å². The average molecular weight is 319 g/mol. The maximum atomic E-state index is 11.2. The topological polar surface area (TPSA) is 47.9 Å². The SMILES string of the molecule is C=C(COc1cc(CC(C)C(C)C)cc(C(C)(C)N=O)c1)OC. The first-order valence-corrected chi connectivity index (χ1v) is 8.03. The Kier molecular flexibility index (Phi) is 6.79. The van der Waals surface area contributed by atoms with Crippen LogP contribution in [-0.2, 0) is 16.7 Å². The number of nitrogens with zero attached hydrogens (tertiary/aromatic N) is 1. The zero-order valence-corrected chi connectivity index (χ0v) is 15.2. The first-order chi connectivity index (χ1) is 10.7. The molecule has 4 heteroatoms. The van der Waals surface area contributed by atoms with Crippen LogP contribution in [0.3, 0.4) is 0 Å². The third-order valence-electron chi connectivity index (χ3n) is 4.29. The van der Waals surface area contributed by atoms with E-state index in [-0.39, 0.29) is 6.61 Å². The molecular formula is C19H29NO3. The van der Waals surface area contributed by atoms with Crippen LogP contribution in [0.2, 0.25) is 0 Å². The summed E-state index contributed by atoms with van der Waals surface area (Å²) in [5, 5.41) is 3.25. The fraction of sp³-hybridized carbons (Fsp3) is 0.579. The van der Waals surface area contributed by atoms with E-state index in [1.165, 1.54) is 0 Å². The summed E-state index contributed by atoms with van der Waals surface area (Å²) in [5.74, 6) is 2.40. The smallest absolute Gasteiger partial charge is 0.145 e. The van der Waals surface area contributed by atoms with E-state index in [4.69, 9.17) is 9.47 Å². The first kappa shape index (κ1) is 19.2. The van der Waals surface area contributed by atoms with Crippen molar-refractivity contribution >= 4 is 0 Å². The predicted octanol–water partition coefficient (Wildman–Crippen LogP) is 5.06. The molecule has 0 saturated carbocycles. The minimum absolute atomic E-state index is 0.286. The molecule has 0 bridgehead atoms. The van der Waals surface area contributed by atoms with Crippen molar-refractivity contribution in [2.75, 3.05) is 13.7 Å². The lowest BCUT2D eigenvalue weighted by molar-refractivity contribution is 0.220. The molecule has 1 aromatic rings. The van der Waals surface area contributed by atoms with Crippen molar-refractivity contribution in [1.82, 2.24) is 0 Å². The molecule has 1 aromatic carbocycles. The largest absolute Gasteiger partial charge is 0.498 e. The maximum Gasteiger partial charge on any atom is 0.145 e. The third kappa shape index (κ3) is 5.70. The van der Waals surface area contributed by atoms with Gasteiger partial charge in [-0.1, -0.05) is 38.6 Å². The molecule has 0 aliphatic rings. The van der Waals surface area contributed by atoms with E-state index < -0.39 is 5.54 Å². The van der Waals surface area contributed by atoms with Crippen molar-refractivity contribution in [2.45, 2.75) is 46.6 Å². The van der Waals surface area contributed by atoms with Crippen LogP contribution in [0.5, 0.6) is 5.75 Å². The fourth-order valence-electron chi connectivity index (χ4n) is 2.10. The van der Waals surface area contributed by atoms with Crippen molar-refractivity contribution in [2.24, 2.45) is 17.0 Å². The molecule has 1 rings (SSSR count). The second kappa shape index (κ2) is 8.14. The van der Waals surface area contributed by atoms with Crippen LogP contribution in [0, 0.1) is 16.7 Å². The molecule has 23 heavy (non-hydrogen) atoms. The number of rotatable bonds is 9. The Morgan fingerprint density at radius 2 is 1.91 bits per heavy atom. The van der Waals surface area contributed by atoms with Crippen molar-refractivity contribution in [3.8, 4) is 5.75 Å². The van der Waals surface area contributed by atoms with E-state index in [2.05, 4.69) is 38.6 Å². The number of benzene rings is 1. The molecule has 128 valence electrons. The van der Waals surface area contributed by atoms with Gasteiger partial charge >= 0.3 is 0 Å². The Hall–Kier alpha value is -1.84. The molecule has 0 saturated heterocycles. The zero-order chi connectivity index (χ0) is 17.6. The van der Waals surface area contributed by atoms with Gasteiger partial charge < -0.3 is 9.47 Å². The summed E-state index contributed by atoms with van der Waals surface area (Å²) in [6.45, 7) is 14.3. The van der Waals surface area contributed by atoms with Gasteiger partial charge in [0.15, 0.2) is 0 Å². The van der Waals surface area contributed by atoms with Crippen LogP contribution in [0.25, 0.3) is 0 Å². The summed E-state index contributed by atoms with van der Waals surface area (Å²) in [6, 6.07) is 5.94. The summed E-state index contributed by atoms with van der Waals surface area (Å²) in [7, 11) is 1.57. The Labute approximate surface area is 139 Å². The molecule has 0 radical (unpaired) electrons. The van der Waals surface area contributed by atoms with Gasteiger partial charge in [0.25, 0.3) is 0 Å². The fourth-order valence-corrected chi connectivity index (χ4v) is 2.10. The Balaban J connectivity index is 3.11. The van der Waals surface area contributed by atoms with Crippen molar-refractivity contribution < 1.29 is 9.47 Å². The summed E-state index contributed by atoms with van der Waals surface area (Å²) in [4.78, 5) is 11.2. The number of ether oxygens (including phenoxy) is 2. The normalized spacial score (nSPS) is 12.8. The monoisotopic (exact) mass is 319 g/mol. The molecule has 0 heterocycles. The van der Waals surface area contributed by atoms with Crippen molar-refractivity contribution in [3.05, 3.63) is 46.6 Å². The molecule has 0 aliphatic heterocycles. The van der Waals surface area contributed by atoms with Gasteiger partial charge in [0.2, 0.25) is 0 Å². The standard InChI is InChI=1S/C19H29NO3/c1-13(2)14(3)8-16-9-17(19(5,6)20-21)11-18(10-16)23-12-15(4)22-7/h9-11,13-14H,4,8,12H2,1-3,5-7H3. The van der Waals surface area contributed by atoms with E-state index in [0.717, 1.165) is 17.5 Å². The van der Waals surface area contributed by atoms with Gasteiger partial charge in [0, 0.05) is 0 Å². The minimum atomic E-state index is -0.784. The van der Waals surface area contributed by atoms with E-state index in [9.17, 15) is 4.91 Å². The van der Waals surface area contributed by atoms with Gasteiger partial charge in [-0.3, -0.25) is 0 Å². The number of hydrogen-bond donors (Lipinski definition) is 0. The third-order valence-corrected chi connectivity index (χ3v) is 4.29. The molecule has 0 aliphatic carbocycles. The van der Waals surface area contributed by atoms with Gasteiger partial charge in [-0.25, -0.2) is 0 Å². The molecule has 0 aromatic heterocycles. The average Bonchev–Trinajstić information content (AvgIpc) is 2.52. The summed E-state index contributed by atoms with van der Waals surface area (Å²) >= 11 is 0. The quantitative estimate of drug-likeness (QED) is 0.472. The van der Waals surface area contributed by atoms with Crippen LogP contribution >= 0.6 is 0 Å². The highest BCUT2D eigenvalue weighted by Gasteiger charge is 2.23. The highest BCUT2D eigenvalue weighted by atomic mass is 16.5. The number of methoxy groups -OCH3 is 1. The Morgan fingerprint density at radius 3 is 2.43 bits per heavy atom. The molecule has 1 unspecified atom stereocenters. The van der Waals surface area contributed by atoms with Crippen molar-refractivity contribution in [1.29, 1.82) is 0 Å². The highest BCUT2D eigenvalue weighted by molar-refractivity contribution is 5.38. The van der Waals surface area contributed by atoms with E-state index in [1.54, 1.807) is 7.11 Å². The molecule has 0 fully saturated rings. The minimum Gasteiger partial charge on any atom is -0.498 e. The molecular weight excluding hydrogens is 290 g/mol. The number of hydrogen-bond acceptors (Lipinski definition) is 4. The predicted molar refractivity (Wildman–Crippen MR) is 94.6 cm³/mol. The second-order valence-corrected chi connectivity index (χ2v) is 6.97. The Morgan fingerprint density at radius 1 is 1.26 bits per heavy atom. The molecule has 1 atom stereocenters. The first-order valence-electron chi connectivity index (χ1n) is 8.03. The van der Waals surface area contributed by atoms with Gasteiger partial charge in [-0.15, -0.1) is 4.91 Å². The van der Waals surface area contributed by atoms with Gasteiger partial charge in [-0.2, -0.15) is 0 Å². The molecule has 0 N–H and O–H groups in total. The summed E-state index contributed by atoms with van der Waals surface area (Å²) in [5.41, 5.74) is 1.23. The lowest BCUT2D eigenvalue weighted by atomic mass is 9.88. The lowest BCUT2D eigenvalue weighted by Crippen LogP contribution is -2.15. The van der Waals surface area contributed by atoms with Crippen LogP contribution in [0.1, 0.15) is 45.7 Å². The summed E-state index contributed by atoms with van der Waals surface area (Å²) < 4.78 is 10.8. The van der Waals surface area contributed by atoms with Gasteiger partial charge in [0.05, 0.1) is 7.11 Å². The highest BCUT2D eigenvalue weighted by Crippen LogP contribution is 2.31. The summed E-state index contributed by atoms with van der Waals surface area (Å²) in [6.07, 6.45) is 0.933. The van der Waals surface area contributed by atoms with E-state index >= 15 is 0 Å². The maximum absolute atomic E-state index is 11.2. The van der Waals surface area contributed by atoms with Crippen molar-refractivity contribution in [3.63, 3.8) is 0 Å². The van der Waals surface area contributed by atoms with Gasteiger partial charge in [-0.05, 0) is 55.4 Å². The van der Waals surface area contributed by atoms with Crippen LogP contribution in [0.15, 0.2) is 35.7 Å². The second-order valence-electron chi connectivity index (χ2n) is 6.97. The molecule has 4 nitrogen and oxygen atoms in total.